The van der Waals surface area contributed by atoms with E-state index < -0.39 is 0 Å². The van der Waals surface area contributed by atoms with Crippen LogP contribution in [0, 0.1) is 10.8 Å². The fourth-order valence-electron chi connectivity index (χ4n) is 3.48. The smallest absolute Gasteiger partial charge is 0.00967 e. The normalized spacial score (nSPS) is 23.6. The summed E-state index contributed by atoms with van der Waals surface area (Å²) in [6, 6.07) is 0. The van der Waals surface area contributed by atoms with Gasteiger partial charge >= 0.3 is 0 Å². The molecule has 0 aromatic rings. The molecule has 1 saturated heterocycles. The predicted molar refractivity (Wildman–Crippen MR) is 94.8 cm³/mol. The Morgan fingerprint density at radius 3 is 2.29 bits per heavy atom. The van der Waals surface area contributed by atoms with Crippen molar-refractivity contribution in [1.82, 2.24) is 10.2 Å². The molecule has 1 aliphatic rings. The fraction of sp³-hybridized carbons (Fsp3) is 1.00. The van der Waals surface area contributed by atoms with Crippen LogP contribution in [-0.2, 0) is 0 Å². The highest BCUT2D eigenvalue weighted by Gasteiger charge is 2.30. The summed E-state index contributed by atoms with van der Waals surface area (Å²) >= 11 is 0. The van der Waals surface area contributed by atoms with E-state index in [2.05, 4.69) is 58.7 Å². The number of likely N-dealkylation sites (tertiary alicyclic amines) is 1. The molecule has 21 heavy (non-hydrogen) atoms. The molecule has 0 amide bonds. The molecule has 0 aliphatic carbocycles. The van der Waals surface area contributed by atoms with Gasteiger partial charge in [0.2, 0.25) is 0 Å². The standard InChI is InChI=1S/C19H40N2/c1-8-10-19(7,15-20-17(2,3)4)16-21-13-9-11-18(5,6)12-14-21/h20H,8-16H2,1-7H3. The Kier molecular flexibility index (Phi) is 6.74. The van der Waals surface area contributed by atoms with Crippen LogP contribution in [0.4, 0.5) is 0 Å². The van der Waals surface area contributed by atoms with Gasteiger partial charge in [-0.25, -0.2) is 0 Å². The zero-order valence-corrected chi connectivity index (χ0v) is 15.8. The first-order chi connectivity index (χ1) is 9.55. The van der Waals surface area contributed by atoms with Crippen molar-refractivity contribution < 1.29 is 0 Å². The number of nitrogens with one attached hydrogen (secondary N) is 1. The van der Waals surface area contributed by atoms with Crippen molar-refractivity contribution in [2.75, 3.05) is 26.2 Å². The minimum absolute atomic E-state index is 0.218. The molecule has 126 valence electrons. The molecule has 2 nitrogen and oxygen atoms in total. The Bertz CT molecular complexity index is 303. The van der Waals surface area contributed by atoms with E-state index in [9.17, 15) is 0 Å². The van der Waals surface area contributed by atoms with Gasteiger partial charge in [-0.15, -0.1) is 0 Å². The van der Waals surface area contributed by atoms with Crippen molar-refractivity contribution in [3.05, 3.63) is 0 Å². The highest BCUT2D eigenvalue weighted by atomic mass is 15.1. The lowest BCUT2D eigenvalue weighted by Gasteiger charge is -2.38. The SMILES string of the molecule is CCCC(C)(CNC(C)(C)C)CN1CCCC(C)(C)CC1. The van der Waals surface area contributed by atoms with Crippen LogP contribution in [0.5, 0.6) is 0 Å². The van der Waals surface area contributed by atoms with Crippen molar-refractivity contribution in [2.24, 2.45) is 10.8 Å². The zero-order valence-electron chi connectivity index (χ0n) is 15.8. The molecule has 0 aromatic carbocycles. The summed E-state index contributed by atoms with van der Waals surface area (Å²) in [6.07, 6.45) is 6.69. The van der Waals surface area contributed by atoms with E-state index in [0.717, 1.165) is 6.54 Å². The molecule has 2 heteroatoms. The highest BCUT2D eigenvalue weighted by molar-refractivity contribution is 4.86. The monoisotopic (exact) mass is 296 g/mol. The molecule has 0 radical (unpaired) electrons. The van der Waals surface area contributed by atoms with Gasteiger partial charge < -0.3 is 10.2 Å². The summed E-state index contributed by atoms with van der Waals surface area (Å²) < 4.78 is 0. The summed E-state index contributed by atoms with van der Waals surface area (Å²) in [5.41, 5.74) is 1.16. The summed E-state index contributed by atoms with van der Waals surface area (Å²) in [7, 11) is 0. The number of hydrogen-bond donors (Lipinski definition) is 1. The molecule has 1 unspecified atom stereocenters. The van der Waals surface area contributed by atoms with E-state index in [1.807, 2.05) is 0 Å². The third kappa shape index (κ3) is 7.65. The minimum atomic E-state index is 0.218. The summed E-state index contributed by atoms with van der Waals surface area (Å²) in [6.45, 7) is 21.4. The van der Waals surface area contributed by atoms with Crippen molar-refractivity contribution in [2.45, 2.75) is 86.1 Å². The maximum atomic E-state index is 3.74. The van der Waals surface area contributed by atoms with Gasteiger partial charge in [0.1, 0.15) is 0 Å². The van der Waals surface area contributed by atoms with E-state index in [1.54, 1.807) is 0 Å². The lowest BCUT2D eigenvalue weighted by molar-refractivity contribution is 0.140. The molecule has 0 bridgehead atoms. The zero-order chi connectivity index (χ0) is 16.1. The van der Waals surface area contributed by atoms with Gasteiger partial charge in [-0.05, 0) is 70.4 Å². The lowest BCUT2D eigenvalue weighted by atomic mass is 9.83. The number of hydrogen-bond acceptors (Lipinski definition) is 2. The van der Waals surface area contributed by atoms with Crippen molar-refractivity contribution >= 4 is 0 Å². The van der Waals surface area contributed by atoms with Gasteiger partial charge in [-0.3, -0.25) is 0 Å². The van der Waals surface area contributed by atoms with Crippen molar-refractivity contribution in [1.29, 1.82) is 0 Å². The molecular weight excluding hydrogens is 256 g/mol. The molecule has 1 fully saturated rings. The van der Waals surface area contributed by atoms with Crippen LogP contribution >= 0.6 is 0 Å². The molecule has 0 aromatic heterocycles. The van der Waals surface area contributed by atoms with E-state index in [-0.39, 0.29) is 5.54 Å². The average Bonchev–Trinajstić information content (AvgIpc) is 2.48. The minimum Gasteiger partial charge on any atom is -0.311 e. The third-order valence-corrected chi connectivity index (χ3v) is 4.94. The highest BCUT2D eigenvalue weighted by Crippen LogP contribution is 2.32. The molecule has 1 rings (SSSR count). The maximum absolute atomic E-state index is 3.74. The van der Waals surface area contributed by atoms with Crippen molar-refractivity contribution in [3.63, 3.8) is 0 Å². The van der Waals surface area contributed by atoms with Gasteiger partial charge in [0.15, 0.2) is 0 Å². The second-order valence-corrected chi connectivity index (χ2v) is 9.46. The quantitative estimate of drug-likeness (QED) is 0.764. The molecule has 0 saturated carbocycles. The van der Waals surface area contributed by atoms with Crippen LogP contribution < -0.4 is 5.32 Å². The van der Waals surface area contributed by atoms with E-state index in [0.29, 0.717) is 10.8 Å². The van der Waals surface area contributed by atoms with Crippen LogP contribution in [0.2, 0.25) is 0 Å². The van der Waals surface area contributed by atoms with E-state index >= 15 is 0 Å². The number of rotatable bonds is 6. The van der Waals surface area contributed by atoms with E-state index in [1.165, 1.54) is 51.7 Å². The molecular formula is C19H40N2. The molecule has 1 heterocycles. The second kappa shape index (κ2) is 7.46. The van der Waals surface area contributed by atoms with Gasteiger partial charge in [0, 0.05) is 18.6 Å². The van der Waals surface area contributed by atoms with Gasteiger partial charge in [0.25, 0.3) is 0 Å². The van der Waals surface area contributed by atoms with Gasteiger partial charge in [-0.2, -0.15) is 0 Å². The topological polar surface area (TPSA) is 15.3 Å². The van der Waals surface area contributed by atoms with Crippen LogP contribution in [0.15, 0.2) is 0 Å². The van der Waals surface area contributed by atoms with Gasteiger partial charge in [0.05, 0.1) is 0 Å². The average molecular weight is 297 g/mol. The first-order valence-corrected chi connectivity index (χ1v) is 9.03. The van der Waals surface area contributed by atoms with E-state index in [4.69, 9.17) is 0 Å². The predicted octanol–water partition coefficient (Wildman–Crippen LogP) is 4.69. The Balaban J connectivity index is 2.60. The maximum Gasteiger partial charge on any atom is 0.00967 e. The molecule has 1 aliphatic heterocycles. The molecule has 1 N–H and O–H groups in total. The summed E-state index contributed by atoms with van der Waals surface area (Å²) in [5, 5.41) is 3.74. The van der Waals surface area contributed by atoms with Crippen LogP contribution in [0.25, 0.3) is 0 Å². The van der Waals surface area contributed by atoms with Crippen LogP contribution in [-0.4, -0.2) is 36.6 Å². The second-order valence-electron chi connectivity index (χ2n) is 9.46. The van der Waals surface area contributed by atoms with Crippen molar-refractivity contribution in [3.8, 4) is 0 Å². The van der Waals surface area contributed by atoms with Crippen LogP contribution in [0.3, 0.4) is 0 Å². The molecule has 0 spiro atoms. The Labute approximate surface area is 134 Å². The Hall–Kier alpha value is -0.0800. The third-order valence-electron chi connectivity index (χ3n) is 4.94. The Morgan fingerprint density at radius 2 is 1.71 bits per heavy atom. The summed E-state index contributed by atoms with van der Waals surface area (Å²) in [4.78, 5) is 2.73. The first-order valence-electron chi connectivity index (χ1n) is 9.03. The fourth-order valence-corrected chi connectivity index (χ4v) is 3.48. The first kappa shape index (κ1) is 19.0. The van der Waals surface area contributed by atoms with Gasteiger partial charge in [-0.1, -0.05) is 34.1 Å². The Morgan fingerprint density at radius 1 is 1.05 bits per heavy atom. The van der Waals surface area contributed by atoms with Crippen LogP contribution in [0.1, 0.15) is 80.6 Å². The summed E-state index contributed by atoms with van der Waals surface area (Å²) in [5.74, 6) is 0. The lowest BCUT2D eigenvalue weighted by Crippen LogP contribution is -2.47. The molecule has 1 atom stereocenters. The largest absolute Gasteiger partial charge is 0.311 e. The number of nitrogens with zero attached hydrogens (tertiary/aromatic N) is 1.